The molecule has 0 saturated carbocycles. The van der Waals surface area contributed by atoms with E-state index in [1.165, 1.54) is 11.3 Å². The molecule has 0 saturated heterocycles. The van der Waals surface area contributed by atoms with Crippen molar-refractivity contribution < 1.29 is 14.3 Å². The van der Waals surface area contributed by atoms with E-state index in [0.29, 0.717) is 17.1 Å². The maximum absolute atomic E-state index is 12.9. The van der Waals surface area contributed by atoms with Crippen molar-refractivity contribution in [1.82, 2.24) is 4.98 Å². The van der Waals surface area contributed by atoms with Crippen LogP contribution in [0.25, 0.3) is 10.2 Å². The first-order chi connectivity index (χ1) is 14.4. The quantitative estimate of drug-likeness (QED) is 0.391. The number of aryl methyl sites for hydroxylation is 2. The van der Waals surface area contributed by atoms with Crippen molar-refractivity contribution in [3.05, 3.63) is 41.0 Å². The number of benzene rings is 2. The first kappa shape index (κ1) is 21.6. The molecule has 1 amide bonds. The molecule has 0 fully saturated rings. The monoisotopic (exact) mass is 426 g/mol. The molecule has 1 heterocycles. The number of carbonyl (C=O) groups excluding carboxylic acids is 1. The van der Waals surface area contributed by atoms with Gasteiger partial charge in [-0.2, -0.15) is 5.10 Å². The van der Waals surface area contributed by atoms with Crippen LogP contribution in [0.15, 0.2) is 29.4 Å². The second-order valence-corrected chi connectivity index (χ2v) is 7.90. The molecule has 2 aromatic carbocycles. The van der Waals surface area contributed by atoms with Gasteiger partial charge in [-0.1, -0.05) is 18.3 Å². The van der Waals surface area contributed by atoms with Crippen molar-refractivity contribution in [1.29, 1.82) is 0 Å². The van der Waals surface area contributed by atoms with Crippen LogP contribution >= 0.6 is 11.3 Å². The van der Waals surface area contributed by atoms with Crippen LogP contribution in [0, 0.1) is 13.8 Å². The fourth-order valence-corrected chi connectivity index (χ4v) is 3.90. The molecular weight excluding hydrogens is 400 g/mol. The molecule has 7 nitrogen and oxygen atoms in total. The molecule has 0 aliphatic carbocycles. The second-order valence-electron chi connectivity index (χ2n) is 6.90. The van der Waals surface area contributed by atoms with Crippen molar-refractivity contribution in [2.24, 2.45) is 5.10 Å². The van der Waals surface area contributed by atoms with Crippen LogP contribution in [0.4, 0.5) is 10.8 Å². The number of hydrogen-bond donors (Lipinski definition) is 2. The summed E-state index contributed by atoms with van der Waals surface area (Å²) in [6, 6.07) is 7.07. The number of anilines is 2. The Morgan fingerprint density at radius 1 is 1.17 bits per heavy atom. The lowest BCUT2D eigenvalue weighted by Gasteiger charge is -2.13. The van der Waals surface area contributed by atoms with Crippen LogP contribution in [-0.2, 0) is 0 Å². The molecule has 3 rings (SSSR count). The summed E-state index contributed by atoms with van der Waals surface area (Å²) < 4.78 is 11.6. The predicted molar refractivity (Wildman–Crippen MR) is 124 cm³/mol. The lowest BCUT2D eigenvalue weighted by atomic mass is 10.1. The molecule has 2 N–H and O–H groups in total. The highest BCUT2D eigenvalue weighted by molar-refractivity contribution is 7.22. The highest BCUT2D eigenvalue weighted by Gasteiger charge is 2.16. The number of fused-ring (bicyclic) bond motifs is 1. The number of ether oxygens (including phenoxy) is 2. The van der Waals surface area contributed by atoms with E-state index in [0.717, 1.165) is 44.3 Å². The van der Waals surface area contributed by atoms with Gasteiger partial charge in [0.05, 0.1) is 24.4 Å². The van der Waals surface area contributed by atoms with Crippen LogP contribution in [0.3, 0.4) is 0 Å². The SMILES string of the molecule is CC/C(C)=N/Nc1nc2cc(C)c(NC(=O)c3ccc(OC)c(OC)c3)c(C)c2s1. The zero-order valence-corrected chi connectivity index (χ0v) is 18.9. The highest BCUT2D eigenvalue weighted by Crippen LogP contribution is 2.35. The van der Waals surface area contributed by atoms with E-state index < -0.39 is 0 Å². The Hall–Kier alpha value is -3.13. The molecule has 0 aliphatic rings. The van der Waals surface area contributed by atoms with Crippen molar-refractivity contribution in [3.63, 3.8) is 0 Å². The largest absolute Gasteiger partial charge is 0.493 e. The predicted octanol–water partition coefficient (Wildman–Crippen LogP) is 5.38. The number of carbonyl (C=O) groups is 1. The summed E-state index contributed by atoms with van der Waals surface area (Å²) in [4.78, 5) is 17.5. The zero-order valence-electron chi connectivity index (χ0n) is 18.0. The average Bonchev–Trinajstić information content (AvgIpc) is 3.17. The molecule has 0 unspecified atom stereocenters. The normalized spacial score (nSPS) is 11.5. The standard InChI is InChI=1S/C22H26N4O3S/c1-7-13(3)25-26-22-23-16-10-12(2)19(14(4)20(16)30-22)24-21(27)15-8-9-17(28-5)18(11-15)29-6/h8-11H,7H2,1-6H3,(H,23,26)(H,24,27)/b25-13+. The van der Waals surface area contributed by atoms with E-state index in [1.807, 2.05) is 26.8 Å². The summed E-state index contributed by atoms with van der Waals surface area (Å²) in [7, 11) is 3.11. The van der Waals surface area contributed by atoms with Gasteiger partial charge in [-0.25, -0.2) is 4.98 Å². The Kier molecular flexibility index (Phi) is 6.56. The molecule has 0 spiro atoms. The van der Waals surface area contributed by atoms with Crippen molar-refractivity contribution in [2.75, 3.05) is 25.0 Å². The summed E-state index contributed by atoms with van der Waals surface area (Å²) in [6.07, 6.45) is 0.877. The number of rotatable bonds is 7. The number of aromatic nitrogens is 1. The van der Waals surface area contributed by atoms with Gasteiger partial charge in [0, 0.05) is 17.0 Å². The Balaban J connectivity index is 1.91. The number of nitrogens with zero attached hydrogens (tertiary/aromatic N) is 2. The smallest absolute Gasteiger partial charge is 0.255 e. The van der Waals surface area contributed by atoms with Gasteiger partial charge in [-0.15, -0.1) is 0 Å². The molecule has 0 atom stereocenters. The third-order valence-corrected chi connectivity index (χ3v) is 5.95. The number of hydrazone groups is 1. The van der Waals surface area contributed by atoms with Crippen molar-refractivity contribution in [3.8, 4) is 11.5 Å². The van der Waals surface area contributed by atoms with E-state index in [1.54, 1.807) is 32.4 Å². The lowest BCUT2D eigenvalue weighted by Crippen LogP contribution is -2.14. The summed E-state index contributed by atoms with van der Waals surface area (Å²) >= 11 is 1.52. The molecule has 0 bridgehead atoms. The van der Waals surface area contributed by atoms with Crippen LogP contribution in [-0.4, -0.2) is 30.8 Å². The summed E-state index contributed by atoms with van der Waals surface area (Å²) in [5, 5.41) is 8.09. The average molecular weight is 427 g/mol. The van der Waals surface area contributed by atoms with E-state index in [9.17, 15) is 4.79 Å². The van der Waals surface area contributed by atoms with Crippen LogP contribution < -0.4 is 20.2 Å². The lowest BCUT2D eigenvalue weighted by molar-refractivity contribution is 0.102. The fraction of sp³-hybridized carbons (Fsp3) is 0.318. The van der Waals surface area contributed by atoms with Gasteiger partial charge in [-0.05, 0) is 62.6 Å². The van der Waals surface area contributed by atoms with Crippen LogP contribution in [0.2, 0.25) is 0 Å². The van der Waals surface area contributed by atoms with Crippen LogP contribution in [0.5, 0.6) is 11.5 Å². The van der Waals surface area contributed by atoms with E-state index in [4.69, 9.17) is 9.47 Å². The first-order valence-corrected chi connectivity index (χ1v) is 10.4. The van der Waals surface area contributed by atoms with Gasteiger partial charge in [0.2, 0.25) is 5.13 Å². The molecule has 30 heavy (non-hydrogen) atoms. The van der Waals surface area contributed by atoms with Crippen molar-refractivity contribution in [2.45, 2.75) is 34.1 Å². The van der Waals surface area contributed by atoms with Crippen molar-refractivity contribution >= 4 is 44.0 Å². The molecule has 0 aliphatic heterocycles. The minimum absolute atomic E-state index is 0.215. The maximum Gasteiger partial charge on any atom is 0.255 e. The van der Waals surface area contributed by atoms with Gasteiger partial charge in [0.15, 0.2) is 11.5 Å². The minimum Gasteiger partial charge on any atom is -0.493 e. The minimum atomic E-state index is -0.215. The number of hydrogen-bond acceptors (Lipinski definition) is 7. The molecule has 8 heteroatoms. The summed E-state index contributed by atoms with van der Waals surface area (Å²) in [6.45, 7) is 7.97. The Labute approximate surface area is 180 Å². The number of nitrogens with one attached hydrogen (secondary N) is 2. The second kappa shape index (κ2) is 9.13. The van der Waals surface area contributed by atoms with Gasteiger partial charge in [0.1, 0.15) is 0 Å². The first-order valence-electron chi connectivity index (χ1n) is 9.61. The number of amides is 1. The Morgan fingerprint density at radius 3 is 2.57 bits per heavy atom. The topological polar surface area (TPSA) is 84.8 Å². The zero-order chi connectivity index (χ0) is 21.8. The maximum atomic E-state index is 12.9. The molecule has 3 aromatic rings. The summed E-state index contributed by atoms with van der Waals surface area (Å²) in [5.41, 5.74) is 8.10. The number of thiazole rings is 1. The third kappa shape index (κ3) is 4.38. The molecule has 158 valence electrons. The Bertz CT molecular complexity index is 1120. The van der Waals surface area contributed by atoms with E-state index in [-0.39, 0.29) is 5.91 Å². The van der Waals surface area contributed by atoms with Gasteiger partial charge in [-0.3, -0.25) is 10.2 Å². The van der Waals surface area contributed by atoms with E-state index >= 15 is 0 Å². The Morgan fingerprint density at radius 2 is 1.90 bits per heavy atom. The highest BCUT2D eigenvalue weighted by atomic mass is 32.1. The molecular formula is C22H26N4O3S. The number of methoxy groups -OCH3 is 2. The van der Waals surface area contributed by atoms with E-state index in [2.05, 4.69) is 27.8 Å². The third-order valence-electron chi connectivity index (χ3n) is 4.85. The van der Waals surface area contributed by atoms with Gasteiger partial charge < -0.3 is 14.8 Å². The fourth-order valence-electron chi connectivity index (χ4n) is 3.01. The summed E-state index contributed by atoms with van der Waals surface area (Å²) in [5.74, 6) is 0.871. The van der Waals surface area contributed by atoms with Gasteiger partial charge in [0.25, 0.3) is 5.91 Å². The molecule has 1 aromatic heterocycles. The van der Waals surface area contributed by atoms with Gasteiger partial charge >= 0.3 is 0 Å². The molecule has 0 radical (unpaired) electrons. The van der Waals surface area contributed by atoms with Crippen LogP contribution in [0.1, 0.15) is 41.8 Å².